The van der Waals surface area contributed by atoms with Crippen molar-refractivity contribution in [2.75, 3.05) is 20.7 Å². The number of aliphatic carboxylic acids is 1. The zero-order valence-electron chi connectivity index (χ0n) is 13.3. The molecule has 4 nitrogen and oxygen atoms in total. The lowest BCUT2D eigenvalue weighted by Gasteiger charge is -2.19. The maximum absolute atomic E-state index is 10.7. The third-order valence-corrected chi connectivity index (χ3v) is 3.28. The average molecular weight is 291 g/mol. The van der Waals surface area contributed by atoms with Gasteiger partial charge in [-0.15, -0.1) is 0 Å². The fraction of sp³-hybridized carbons (Fsp3) is 0.471. The molecule has 4 heteroatoms. The molecule has 0 radical (unpaired) electrons. The van der Waals surface area contributed by atoms with Crippen LogP contribution in [0.3, 0.4) is 0 Å². The predicted molar refractivity (Wildman–Crippen MR) is 85.5 cm³/mol. The summed E-state index contributed by atoms with van der Waals surface area (Å²) in [7, 11) is 3.71. The van der Waals surface area contributed by atoms with Crippen LogP contribution in [0.2, 0.25) is 0 Å². The van der Waals surface area contributed by atoms with Crippen LogP contribution in [0.1, 0.15) is 31.4 Å². The number of benzene rings is 1. The van der Waals surface area contributed by atoms with E-state index in [-0.39, 0.29) is 0 Å². The second-order valence-corrected chi connectivity index (χ2v) is 5.66. The number of methoxy groups -OCH3 is 1. The van der Waals surface area contributed by atoms with E-state index in [1.807, 2.05) is 18.2 Å². The molecule has 0 aliphatic heterocycles. The van der Waals surface area contributed by atoms with Gasteiger partial charge in [0.05, 0.1) is 7.11 Å². The highest BCUT2D eigenvalue weighted by molar-refractivity contribution is 5.85. The van der Waals surface area contributed by atoms with E-state index in [0.717, 1.165) is 36.4 Å². The third-order valence-electron chi connectivity index (χ3n) is 3.28. The van der Waals surface area contributed by atoms with Gasteiger partial charge in [-0.2, -0.15) is 0 Å². The van der Waals surface area contributed by atoms with E-state index in [1.165, 1.54) is 6.08 Å². The average Bonchev–Trinajstić information content (AvgIpc) is 2.43. The van der Waals surface area contributed by atoms with Crippen molar-refractivity contribution in [3.05, 3.63) is 35.4 Å². The van der Waals surface area contributed by atoms with E-state index in [4.69, 9.17) is 9.84 Å². The van der Waals surface area contributed by atoms with Gasteiger partial charge in [-0.25, -0.2) is 4.79 Å². The molecular formula is C17H25NO3. The number of hydrogen-bond acceptors (Lipinski definition) is 3. The van der Waals surface area contributed by atoms with Gasteiger partial charge in [0.15, 0.2) is 0 Å². The summed E-state index contributed by atoms with van der Waals surface area (Å²) in [4.78, 5) is 12.9. The highest BCUT2D eigenvalue weighted by Gasteiger charge is 2.07. The first kappa shape index (κ1) is 17.2. The number of rotatable bonds is 8. The molecule has 0 saturated heterocycles. The van der Waals surface area contributed by atoms with Gasteiger partial charge < -0.3 is 14.7 Å². The molecule has 0 bridgehead atoms. The molecule has 0 heterocycles. The molecule has 116 valence electrons. The molecule has 0 atom stereocenters. The minimum absolute atomic E-state index is 0.670. The Morgan fingerprint density at radius 3 is 2.71 bits per heavy atom. The van der Waals surface area contributed by atoms with Crippen LogP contribution in [-0.2, 0) is 11.3 Å². The Bertz CT molecular complexity index is 495. The molecule has 1 rings (SSSR count). The fourth-order valence-electron chi connectivity index (χ4n) is 2.02. The van der Waals surface area contributed by atoms with Gasteiger partial charge in [0, 0.05) is 12.6 Å². The van der Waals surface area contributed by atoms with Gasteiger partial charge >= 0.3 is 5.97 Å². The van der Waals surface area contributed by atoms with Gasteiger partial charge in [-0.1, -0.05) is 19.9 Å². The Morgan fingerprint density at radius 2 is 2.14 bits per heavy atom. The summed E-state index contributed by atoms with van der Waals surface area (Å²) in [5.41, 5.74) is 1.98. The number of carbonyl (C=O) groups is 1. The van der Waals surface area contributed by atoms with E-state index in [0.29, 0.717) is 5.92 Å². The standard InChI is InChI=1S/C17H25NO3/c1-13(2)9-10-18(3)12-15-11-16(21-4)7-5-14(15)6-8-17(19)20/h5-8,11,13H,9-10,12H2,1-4H3,(H,19,20). The predicted octanol–water partition coefficient (Wildman–Crippen LogP) is 3.27. The normalized spacial score (nSPS) is 11.5. The van der Waals surface area contributed by atoms with Crippen LogP contribution in [-0.4, -0.2) is 36.7 Å². The van der Waals surface area contributed by atoms with Crippen LogP contribution in [0, 0.1) is 5.92 Å². The molecule has 0 aliphatic carbocycles. The van der Waals surface area contributed by atoms with Crippen molar-refractivity contribution < 1.29 is 14.6 Å². The Balaban J connectivity index is 2.87. The van der Waals surface area contributed by atoms with E-state index >= 15 is 0 Å². The Hall–Kier alpha value is -1.81. The summed E-state index contributed by atoms with van der Waals surface area (Å²) in [5, 5.41) is 8.77. The SMILES string of the molecule is COc1ccc(C=CC(=O)O)c(CN(C)CCC(C)C)c1. The van der Waals surface area contributed by atoms with Crippen molar-refractivity contribution in [3.63, 3.8) is 0 Å². The van der Waals surface area contributed by atoms with Crippen LogP contribution in [0.15, 0.2) is 24.3 Å². The van der Waals surface area contributed by atoms with Crippen LogP contribution < -0.4 is 4.74 Å². The molecule has 0 fully saturated rings. The summed E-state index contributed by atoms with van der Waals surface area (Å²) in [6, 6.07) is 5.70. The molecule has 1 aromatic rings. The summed E-state index contributed by atoms with van der Waals surface area (Å²) in [6.07, 6.45) is 3.94. The van der Waals surface area contributed by atoms with Crippen LogP contribution in [0.4, 0.5) is 0 Å². The molecule has 0 unspecified atom stereocenters. The van der Waals surface area contributed by atoms with Gasteiger partial charge in [-0.3, -0.25) is 0 Å². The maximum atomic E-state index is 10.7. The summed E-state index contributed by atoms with van der Waals surface area (Å²) in [6.45, 7) is 6.20. The first-order chi connectivity index (χ1) is 9.92. The Kier molecular flexibility index (Phi) is 6.96. The van der Waals surface area contributed by atoms with Crippen LogP contribution in [0.5, 0.6) is 5.75 Å². The topological polar surface area (TPSA) is 49.8 Å². The molecule has 0 aliphatic rings. The van der Waals surface area contributed by atoms with Crippen molar-refractivity contribution >= 4 is 12.0 Å². The second kappa shape index (κ2) is 8.47. The van der Waals surface area contributed by atoms with Crippen molar-refractivity contribution in [1.29, 1.82) is 0 Å². The number of ether oxygens (including phenoxy) is 1. The number of carboxylic acids is 1. The second-order valence-electron chi connectivity index (χ2n) is 5.66. The lowest BCUT2D eigenvalue weighted by molar-refractivity contribution is -0.131. The van der Waals surface area contributed by atoms with Gasteiger partial charge in [-0.05, 0) is 55.3 Å². The van der Waals surface area contributed by atoms with E-state index in [9.17, 15) is 4.79 Å². The quantitative estimate of drug-likeness (QED) is 0.747. The number of nitrogens with zero attached hydrogens (tertiary/aromatic N) is 1. The molecular weight excluding hydrogens is 266 g/mol. The van der Waals surface area contributed by atoms with Crippen LogP contribution >= 0.6 is 0 Å². The van der Waals surface area contributed by atoms with Gasteiger partial charge in [0.25, 0.3) is 0 Å². The van der Waals surface area contributed by atoms with Crippen molar-refractivity contribution in [3.8, 4) is 5.75 Å². The lowest BCUT2D eigenvalue weighted by atomic mass is 10.1. The highest BCUT2D eigenvalue weighted by Crippen LogP contribution is 2.20. The molecule has 0 aromatic heterocycles. The number of carboxylic acid groups (broad SMARTS) is 1. The molecule has 0 amide bonds. The Morgan fingerprint density at radius 1 is 1.43 bits per heavy atom. The monoisotopic (exact) mass is 291 g/mol. The van der Waals surface area contributed by atoms with E-state index in [1.54, 1.807) is 13.2 Å². The Labute approximate surface area is 127 Å². The van der Waals surface area contributed by atoms with E-state index < -0.39 is 5.97 Å². The van der Waals surface area contributed by atoms with Crippen LogP contribution in [0.25, 0.3) is 6.08 Å². The van der Waals surface area contributed by atoms with E-state index in [2.05, 4.69) is 25.8 Å². The first-order valence-corrected chi connectivity index (χ1v) is 7.18. The summed E-state index contributed by atoms with van der Waals surface area (Å²) >= 11 is 0. The zero-order valence-corrected chi connectivity index (χ0v) is 13.3. The molecule has 0 saturated carbocycles. The minimum atomic E-state index is -0.940. The first-order valence-electron chi connectivity index (χ1n) is 7.18. The largest absolute Gasteiger partial charge is 0.497 e. The fourth-order valence-corrected chi connectivity index (χ4v) is 2.02. The molecule has 1 N–H and O–H groups in total. The maximum Gasteiger partial charge on any atom is 0.328 e. The smallest absolute Gasteiger partial charge is 0.328 e. The zero-order chi connectivity index (χ0) is 15.8. The summed E-state index contributed by atoms with van der Waals surface area (Å²) < 4.78 is 5.26. The van der Waals surface area contributed by atoms with Gasteiger partial charge in [0.1, 0.15) is 5.75 Å². The van der Waals surface area contributed by atoms with Gasteiger partial charge in [0.2, 0.25) is 0 Å². The third kappa shape index (κ3) is 6.45. The molecule has 21 heavy (non-hydrogen) atoms. The van der Waals surface area contributed by atoms with Crippen molar-refractivity contribution in [2.24, 2.45) is 5.92 Å². The van der Waals surface area contributed by atoms with Crippen molar-refractivity contribution in [1.82, 2.24) is 4.90 Å². The lowest BCUT2D eigenvalue weighted by Crippen LogP contribution is -2.20. The number of hydrogen-bond donors (Lipinski definition) is 1. The van der Waals surface area contributed by atoms with Crippen molar-refractivity contribution in [2.45, 2.75) is 26.8 Å². The minimum Gasteiger partial charge on any atom is -0.497 e. The molecule has 0 spiro atoms. The molecule has 1 aromatic carbocycles. The highest BCUT2D eigenvalue weighted by atomic mass is 16.5. The summed E-state index contributed by atoms with van der Waals surface area (Å²) in [5.74, 6) is 0.517.